The second kappa shape index (κ2) is 5.31. The van der Waals surface area contributed by atoms with Gasteiger partial charge in [0.05, 0.1) is 6.54 Å². The molecular formula is C14H27NO. The van der Waals surface area contributed by atoms with Gasteiger partial charge in [-0.2, -0.15) is 0 Å². The first-order valence-corrected chi connectivity index (χ1v) is 6.59. The summed E-state index contributed by atoms with van der Waals surface area (Å²) in [6, 6.07) is 0. The number of ketones is 1. The van der Waals surface area contributed by atoms with Crippen molar-refractivity contribution in [3.63, 3.8) is 0 Å². The van der Waals surface area contributed by atoms with E-state index in [1.54, 1.807) is 0 Å². The lowest BCUT2D eigenvalue weighted by Gasteiger charge is -2.27. The van der Waals surface area contributed by atoms with Crippen LogP contribution in [0, 0.1) is 17.3 Å². The fourth-order valence-electron chi connectivity index (χ4n) is 2.29. The van der Waals surface area contributed by atoms with Gasteiger partial charge >= 0.3 is 0 Å². The maximum Gasteiger partial charge on any atom is 0.149 e. The van der Waals surface area contributed by atoms with E-state index in [2.05, 4.69) is 32.6 Å². The third-order valence-corrected chi connectivity index (χ3v) is 4.04. The molecule has 2 nitrogen and oxygen atoms in total. The van der Waals surface area contributed by atoms with Crippen LogP contribution in [0.1, 0.15) is 47.5 Å². The monoisotopic (exact) mass is 225 g/mol. The minimum Gasteiger partial charge on any atom is -0.298 e. The zero-order chi connectivity index (χ0) is 12.3. The molecule has 0 spiro atoms. The van der Waals surface area contributed by atoms with Crippen LogP contribution in [0.25, 0.3) is 0 Å². The summed E-state index contributed by atoms with van der Waals surface area (Å²) < 4.78 is 0. The first kappa shape index (κ1) is 13.7. The molecule has 2 atom stereocenters. The van der Waals surface area contributed by atoms with Gasteiger partial charge < -0.3 is 0 Å². The highest BCUT2D eigenvalue weighted by atomic mass is 16.1. The number of carbonyl (C=O) groups is 1. The van der Waals surface area contributed by atoms with E-state index in [4.69, 9.17) is 0 Å². The summed E-state index contributed by atoms with van der Waals surface area (Å²) in [4.78, 5) is 14.2. The van der Waals surface area contributed by atoms with Crippen LogP contribution in [-0.2, 0) is 4.79 Å². The van der Waals surface area contributed by atoms with Crippen LogP contribution in [0.15, 0.2) is 0 Å². The Hall–Kier alpha value is -0.370. The van der Waals surface area contributed by atoms with Crippen LogP contribution >= 0.6 is 0 Å². The van der Waals surface area contributed by atoms with Crippen molar-refractivity contribution in [3.8, 4) is 0 Å². The van der Waals surface area contributed by atoms with Crippen molar-refractivity contribution in [3.05, 3.63) is 0 Å². The highest BCUT2D eigenvalue weighted by molar-refractivity contribution is 5.82. The van der Waals surface area contributed by atoms with Gasteiger partial charge in [-0.3, -0.25) is 9.69 Å². The molecule has 0 amide bonds. The summed E-state index contributed by atoms with van der Waals surface area (Å²) in [5.74, 6) is 1.39. The summed E-state index contributed by atoms with van der Waals surface area (Å²) in [6.45, 7) is 13.9. The molecule has 0 aromatic heterocycles. The van der Waals surface area contributed by atoms with Gasteiger partial charge in [-0.1, -0.05) is 34.6 Å². The zero-order valence-corrected chi connectivity index (χ0v) is 11.5. The van der Waals surface area contributed by atoms with Crippen LogP contribution in [0.2, 0.25) is 0 Å². The van der Waals surface area contributed by atoms with Crippen molar-refractivity contribution in [2.75, 3.05) is 19.6 Å². The van der Waals surface area contributed by atoms with Crippen molar-refractivity contribution in [1.29, 1.82) is 0 Å². The predicted octanol–water partition coefficient (Wildman–Crippen LogP) is 2.97. The lowest BCUT2D eigenvalue weighted by molar-refractivity contribution is -0.123. The van der Waals surface area contributed by atoms with Crippen molar-refractivity contribution in [1.82, 2.24) is 4.90 Å². The molecule has 94 valence electrons. The minimum atomic E-state index is 0.230. The summed E-state index contributed by atoms with van der Waals surface area (Å²) in [5.41, 5.74) is 0.383. The van der Waals surface area contributed by atoms with E-state index < -0.39 is 0 Å². The van der Waals surface area contributed by atoms with E-state index in [1.807, 2.05) is 6.92 Å². The smallest absolute Gasteiger partial charge is 0.149 e. The van der Waals surface area contributed by atoms with Gasteiger partial charge in [0.1, 0.15) is 5.78 Å². The van der Waals surface area contributed by atoms with E-state index in [0.29, 0.717) is 17.7 Å². The quantitative estimate of drug-likeness (QED) is 0.733. The van der Waals surface area contributed by atoms with Gasteiger partial charge in [0.15, 0.2) is 0 Å². The fraction of sp³-hybridized carbons (Fsp3) is 0.929. The fourth-order valence-corrected chi connectivity index (χ4v) is 2.29. The maximum absolute atomic E-state index is 11.8. The van der Waals surface area contributed by atoms with Crippen molar-refractivity contribution >= 4 is 5.78 Å². The average molecular weight is 225 g/mol. The average Bonchev–Trinajstić information content (AvgIpc) is 2.64. The Bertz CT molecular complexity index is 242. The van der Waals surface area contributed by atoms with E-state index in [-0.39, 0.29) is 5.92 Å². The molecular weight excluding hydrogens is 198 g/mol. The summed E-state index contributed by atoms with van der Waals surface area (Å²) >= 11 is 0. The van der Waals surface area contributed by atoms with Gasteiger partial charge in [-0.05, 0) is 30.7 Å². The first-order chi connectivity index (χ1) is 7.34. The summed E-state index contributed by atoms with van der Waals surface area (Å²) in [5, 5.41) is 0. The Morgan fingerprint density at radius 2 is 2.06 bits per heavy atom. The molecule has 2 unspecified atom stereocenters. The third-order valence-electron chi connectivity index (χ3n) is 4.04. The van der Waals surface area contributed by atoms with Crippen molar-refractivity contribution in [2.45, 2.75) is 47.5 Å². The van der Waals surface area contributed by atoms with E-state index in [0.717, 1.165) is 25.4 Å². The molecule has 1 aliphatic rings. The summed E-state index contributed by atoms with van der Waals surface area (Å²) in [6.07, 6.45) is 2.21. The highest BCUT2D eigenvalue weighted by Crippen LogP contribution is 2.33. The van der Waals surface area contributed by atoms with Crippen LogP contribution in [0.5, 0.6) is 0 Å². The van der Waals surface area contributed by atoms with Crippen LogP contribution < -0.4 is 0 Å². The Morgan fingerprint density at radius 3 is 2.50 bits per heavy atom. The number of rotatable bonds is 4. The molecule has 1 heterocycles. The molecule has 0 N–H and O–H groups in total. The summed E-state index contributed by atoms with van der Waals surface area (Å²) in [7, 11) is 0. The van der Waals surface area contributed by atoms with Crippen molar-refractivity contribution < 1.29 is 4.79 Å². The standard InChI is InChI=1S/C14H27NO/c1-6-11(2)13(16)10-15-8-7-12(9-15)14(3,4)5/h11-12H,6-10H2,1-5H3. The van der Waals surface area contributed by atoms with Crippen LogP contribution in [-0.4, -0.2) is 30.3 Å². The van der Waals surface area contributed by atoms with E-state index in [9.17, 15) is 4.79 Å². The molecule has 0 aromatic carbocycles. The molecule has 0 aromatic rings. The molecule has 2 heteroatoms. The third kappa shape index (κ3) is 3.58. The normalized spacial score (nSPS) is 24.7. The Kier molecular flexibility index (Phi) is 4.54. The Labute approximate surface area is 100 Å². The Morgan fingerprint density at radius 1 is 1.44 bits per heavy atom. The molecule has 0 aliphatic carbocycles. The maximum atomic E-state index is 11.8. The number of hydrogen-bond donors (Lipinski definition) is 0. The molecule has 0 saturated carbocycles. The second-order valence-electron chi connectivity index (χ2n) is 6.36. The number of likely N-dealkylation sites (tertiary alicyclic amines) is 1. The molecule has 1 rings (SSSR count). The predicted molar refractivity (Wildman–Crippen MR) is 68.5 cm³/mol. The van der Waals surface area contributed by atoms with E-state index >= 15 is 0 Å². The SMILES string of the molecule is CCC(C)C(=O)CN1CCC(C(C)(C)C)C1. The number of nitrogens with zero attached hydrogens (tertiary/aromatic N) is 1. The highest BCUT2D eigenvalue weighted by Gasteiger charge is 2.32. The van der Waals surface area contributed by atoms with Crippen molar-refractivity contribution in [2.24, 2.45) is 17.3 Å². The molecule has 0 radical (unpaired) electrons. The Balaban J connectivity index is 2.40. The topological polar surface area (TPSA) is 20.3 Å². The lowest BCUT2D eigenvalue weighted by Crippen LogP contribution is -2.32. The number of Topliss-reactive ketones (excluding diaryl/α,β-unsaturated/α-hetero) is 1. The zero-order valence-electron chi connectivity index (χ0n) is 11.5. The molecule has 0 bridgehead atoms. The second-order valence-corrected chi connectivity index (χ2v) is 6.36. The molecule has 1 saturated heterocycles. The van der Waals surface area contributed by atoms with Gasteiger partial charge in [0.2, 0.25) is 0 Å². The van der Waals surface area contributed by atoms with Gasteiger partial charge in [-0.25, -0.2) is 0 Å². The van der Waals surface area contributed by atoms with Gasteiger partial charge in [0, 0.05) is 12.5 Å². The minimum absolute atomic E-state index is 0.230. The lowest BCUT2D eigenvalue weighted by atomic mass is 9.80. The number of hydrogen-bond acceptors (Lipinski definition) is 2. The van der Waals surface area contributed by atoms with Crippen LogP contribution in [0.4, 0.5) is 0 Å². The number of carbonyl (C=O) groups excluding carboxylic acids is 1. The van der Waals surface area contributed by atoms with Crippen LogP contribution in [0.3, 0.4) is 0 Å². The molecule has 16 heavy (non-hydrogen) atoms. The largest absolute Gasteiger partial charge is 0.298 e. The van der Waals surface area contributed by atoms with Gasteiger partial charge in [-0.15, -0.1) is 0 Å². The molecule has 1 fully saturated rings. The van der Waals surface area contributed by atoms with E-state index in [1.165, 1.54) is 6.42 Å². The first-order valence-electron chi connectivity index (χ1n) is 6.59. The van der Waals surface area contributed by atoms with Gasteiger partial charge in [0.25, 0.3) is 0 Å². The molecule has 1 aliphatic heterocycles.